The van der Waals surface area contributed by atoms with Crippen LogP contribution in [0, 0.1) is 16.7 Å². The molecule has 1 atom stereocenters. The molecule has 4 heterocycles. The summed E-state index contributed by atoms with van der Waals surface area (Å²) in [5.74, 6) is 0.578. The topological polar surface area (TPSA) is 161 Å². The van der Waals surface area contributed by atoms with Gasteiger partial charge in [0.2, 0.25) is 5.95 Å². The van der Waals surface area contributed by atoms with E-state index in [4.69, 9.17) is 21.2 Å². The van der Waals surface area contributed by atoms with Crippen molar-refractivity contribution in [2.75, 3.05) is 49.6 Å². The minimum atomic E-state index is -0.533. The lowest BCUT2D eigenvalue weighted by Gasteiger charge is -2.37. The molecule has 2 saturated heterocycles. The van der Waals surface area contributed by atoms with Gasteiger partial charge in [-0.1, -0.05) is 30.3 Å². The lowest BCUT2D eigenvalue weighted by Crippen LogP contribution is -2.44. The largest absolute Gasteiger partial charge is 0.382 e. The zero-order valence-corrected chi connectivity index (χ0v) is 23.0. The van der Waals surface area contributed by atoms with E-state index in [9.17, 15) is 10.1 Å². The standard InChI is InChI=1S/C30H33N9O2/c1-19(34-26-22(15-31)25(32)36-29(33)37-26)27-35-23-11-5-7-20(8-6-13-38-14-12-30(16-38)17-41-18-30)24(23)28(40)39(27)21-9-3-2-4-10-21/h2-5,7,9-11,19H,6,8,12-14,16-18H2,1H3,(H5,32,33,34,36,37). The van der Waals surface area contributed by atoms with Gasteiger partial charge < -0.3 is 26.4 Å². The van der Waals surface area contributed by atoms with Crippen LogP contribution < -0.4 is 22.3 Å². The Hall–Kier alpha value is -4.53. The Bertz CT molecular complexity index is 1690. The molecular weight excluding hydrogens is 518 g/mol. The van der Waals surface area contributed by atoms with Crippen LogP contribution in [0.1, 0.15) is 42.8 Å². The lowest BCUT2D eigenvalue weighted by atomic mass is 9.85. The van der Waals surface area contributed by atoms with Gasteiger partial charge in [-0.2, -0.15) is 15.2 Å². The number of ether oxygens (including phenoxy) is 1. The van der Waals surface area contributed by atoms with E-state index in [-0.39, 0.29) is 28.7 Å². The molecular formula is C30H33N9O2. The van der Waals surface area contributed by atoms with E-state index < -0.39 is 6.04 Å². The van der Waals surface area contributed by atoms with E-state index >= 15 is 0 Å². The predicted octanol–water partition coefficient (Wildman–Crippen LogP) is 3.04. The Balaban J connectivity index is 1.35. The number of nitrogens with zero attached hydrogens (tertiary/aromatic N) is 6. The first-order valence-electron chi connectivity index (χ1n) is 13.9. The van der Waals surface area contributed by atoms with Crippen LogP contribution in [0.5, 0.6) is 0 Å². The Morgan fingerprint density at radius 3 is 2.63 bits per heavy atom. The van der Waals surface area contributed by atoms with Gasteiger partial charge in [-0.05, 0) is 63.0 Å². The zero-order chi connectivity index (χ0) is 28.6. The van der Waals surface area contributed by atoms with Crippen molar-refractivity contribution in [2.24, 2.45) is 5.41 Å². The molecule has 1 unspecified atom stereocenters. The van der Waals surface area contributed by atoms with Gasteiger partial charge in [0.15, 0.2) is 5.82 Å². The van der Waals surface area contributed by atoms with E-state index in [1.165, 1.54) is 6.42 Å². The predicted molar refractivity (Wildman–Crippen MR) is 158 cm³/mol. The van der Waals surface area contributed by atoms with E-state index in [1.54, 1.807) is 4.57 Å². The second-order valence-electron chi connectivity index (χ2n) is 11.0. The van der Waals surface area contributed by atoms with Gasteiger partial charge in [-0.15, -0.1) is 0 Å². The number of aryl methyl sites for hydroxylation is 1. The van der Waals surface area contributed by atoms with Gasteiger partial charge >= 0.3 is 0 Å². The van der Waals surface area contributed by atoms with Crippen molar-refractivity contribution in [3.8, 4) is 11.8 Å². The van der Waals surface area contributed by atoms with Crippen molar-refractivity contribution in [1.29, 1.82) is 5.26 Å². The molecule has 0 radical (unpaired) electrons. The first-order chi connectivity index (χ1) is 19.9. The van der Waals surface area contributed by atoms with Gasteiger partial charge in [0, 0.05) is 12.0 Å². The maximum Gasteiger partial charge on any atom is 0.266 e. The molecule has 11 heteroatoms. The molecule has 2 aliphatic heterocycles. The highest BCUT2D eigenvalue weighted by atomic mass is 16.5. The number of fused-ring (bicyclic) bond motifs is 1. The Labute approximate surface area is 237 Å². The molecule has 2 aliphatic rings. The van der Waals surface area contributed by atoms with Crippen LogP contribution in [0.25, 0.3) is 16.6 Å². The molecule has 0 saturated carbocycles. The summed E-state index contributed by atoms with van der Waals surface area (Å²) in [6, 6.07) is 16.8. The molecule has 0 amide bonds. The van der Waals surface area contributed by atoms with E-state index in [0.29, 0.717) is 27.8 Å². The highest BCUT2D eigenvalue weighted by Gasteiger charge is 2.43. The number of nitrogen functional groups attached to an aromatic ring is 2. The number of aromatic nitrogens is 4. The average molecular weight is 552 g/mol. The molecule has 0 aliphatic carbocycles. The van der Waals surface area contributed by atoms with Crippen LogP contribution in [0.2, 0.25) is 0 Å². The van der Waals surface area contributed by atoms with Crippen LogP contribution >= 0.6 is 0 Å². The summed E-state index contributed by atoms with van der Waals surface area (Å²) in [5, 5.41) is 13.4. The van der Waals surface area contributed by atoms with Crippen molar-refractivity contribution >= 4 is 28.5 Å². The first-order valence-corrected chi connectivity index (χ1v) is 13.9. The quantitative estimate of drug-likeness (QED) is 0.297. The third-order valence-electron chi connectivity index (χ3n) is 8.09. The fourth-order valence-electron chi connectivity index (χ4n) is 5.96. The van der Waals surface area contributed by atoms with Crippen molar-refractivity contribution in [1.82, 2.24) is 24.4 Å². The SMILES string of the molecule is CC(Nc1nc(N)nc(N)c1C#N)c1nc2cccc(CCCN3CCC4(COC4)C3)c2c(=O)n1-c1ccccc1. The fraction of sp³-hybridized carbons (Fsp3) is 0.367. The molecule has 5 N–H and O–H groups in total. The summed E-state index contributed by atoms with van der Waals surface area (Å²) in [7, 11) is 0. The number of nitriles is 1. The number of nitrogens with one attached hydrogen (secondary N) is 1. The fourth-order valence-corrected chi connectivity index (χ4v) is 5.96. The molecule has 2 aromatic carbocycles. The van der Waals surface area contributed by atoms with Crippen LogP contribution in [-0.2, 0) is 11.2 Å². The number of anilines is 3. The normalized spacial score (nSPS) is 16.9. The van der Waals surface area contributed by atoms with Crippen molar-refractivity contribution < 1.29 is 4.74 Å². The minimum absolute atomic E-state index is 0.0172. The van der Waals surface area contributed by atoms with Gasteiger partial charge in [-0.25, -0.2) is 4.98 Å². The molecule has 1 spiro atoms. The number of nitrogens with two attached hydrogens (primary N) is 2. The number of para-hydroxylation sites is 1. The zero-order valence-electron chi connectivity index (χ0n) is 23.0. The van der Waals surface area contributed by atoms with Gasteiger partial charge in [0.05, 0.1) is 35.8 Å². The second-order valence-corrected chi connectivity index (χ2v) is 11.0. The molecule has 0 bridgehead atoms. The molecule has 6 rings (SSSR count). The molecule has 2 aromatic heterocycles. The Kier molecular flexibility index (Phi) is 7.03. The highest BCUT2D eigenvalue weighted by Crippen LogP contribution is 2.37. The lowest BCUT2D eigenvalue weighted by molar-refractivity contribution is -0.104. The first kappa shape index (κ1) is 26.7. The van der Waals surface area contributed by atoms with Crippen LogP contribution in [-0.4, -0.2) is 57.3 Å². The average Bonchev–Trinajstić information content (AvgIpc) is 3.39. The van der Waals surface area contributed by atoms with Crippen LogP contribution in [0.3, 0.4) is 0 Å². The maximum atomic E-state index is 14.3. The van der Waals surface area contributed by atoms with E-state index in [1.807, 2.05) is 61.5 Å². The summed E-state index contributed by atoms with van der Waals surface area (Å²) in [4.78, 5) is 29.8. The third-order valence-corrected chi connectivity index (χ3v) is 8.09. The summed E-state index contributed by atoms with van der Waals surface area (Å²) in [6.45, 7) is 6.79. The minimum Gasteiger partial charge on any atom is -0.382 e. The summed E-state index contributed by atoms with van der Waals surface area (Å²) >= 11 is 0. The second kappa shape index (κ2) is 10.8. The summed E-state index contributed by atoms with van der Waals surface area (Å²) in [6.07, 6.45) is 2.93. The number of benzene rings is 2. The molecule has 2 fully saturated rings. The summed E-state index contributed by atoms with van der Waals surface area (Å²) in [5.41, 5.74) is 14.3. The van der Waals surface area contributed by atoms with Gasteiger partial charge in [0.25, 0.3) is 5.56 Å². The number of likely N-dealkylation sites (tertiary alicyclic amines) is 1. The van der Waals surface area contributed by atoms with Crippen LogP contribution in [0.15, 0.2) is 53.3 Å². The monoisotopic (exact) mass is 551 g/mol. The number of hydrogen-bond acceptors (Lipinski definition) is 10. The van der Waals surface area contributed by atoms with E-state index in [0.717, 1.165) is 51.3 Å². The third kappa shape index (κ3) is 5.08. The van der Waals surface area contributed by atoms with Crippen molar-refractivity contribution in [3.05, 3.63) is 75.8 Å². The van der Waals surface area contributed by atoms with Crippen molar-refractivity contribution in [2.45, 2.75) is 32.2 Å². The number of rotatable bonds is 8. The van der Waals surface area contributed by atoms with Crippen LogP contribution in [0.4, 0.5) is 17.6 Å². The molecule has 11 nitrogen and oxygen atoms in total. The summed E-state index contributed by atoms with van der Waals surface area (Å²) < 4.78 is 7.10. The maximum absolute atomic E-state index is 14.3. The van der Waals surface area contributed by atoms with Gasteiger partial charge in [-0.3, -0.25) is 9.36 Å². The Morgan fingerprint density at radius 2 is 1.93 bits per heavy atom. The molecule has 41 heavy (non-hydrogen) atoms. The highest BCUT2D eigenvalue weighted by molar-refractivity contribution is 5.82. The number of hydrogen-bond donors (Lipinski definition) is 3. The van der Waals surface area contributed by atoms with E-state index in [2.05, 4.69) is 20.2 Å². The molecule has 210 valence electrons. The smallest absolute Gasteiger partial charge is 0.266 e. The molecule has 4 aromatic rings. The Morgan fingerprint density at radius 1 is 1.12 bits per heavy atom. The van der Waals surface area contributed by atoms with Crippen molar-refractivity contribution in [3.63, 3.8) is 0 Å². The van der Waals surface area contributed by atoms with Gasteiger partial charge in [0.1, 0.15) is 23.3 Å².